The molecule has 0 radical (unpaired) electrons. The molecule has 0 aliphatic rings. The van der Waals surface area contributed by atoms with Crippen LogP contribution in [0.25, 0.3) is 10.9 Å². The number of carboxylic acids is 1. The third-order valence-electron chi connectivity index (χ3n) is 5.57. The van der Waals surface area contributed by atoms with Crippen molar-refractivity contribution in [3.63, 3.8) is 0 Å². The van der Waals surface area contributed by atoms with E-state index in [1.54, 1.807) is 0 Å². The summed E-state index contributed by atoms with van der Waals surface area (Å²) >= 11 is 0. The summed E-state index contributed by atoms with van der Waals surface area (Å²) in [7, 11) is 0. The highest BCUT2D eigenvalue weighted by Gasteiger charge is 2.31. The molecule has 2 amide bonds. The van der Waals surface area contributed by atoms with E-state index in [4.69, 9.17) is 5.73 Å². The molecule has 2 aromatic rings. The highest BCUT2D eigenvalue weighted by molar-refractivity contribution is 5.92. The normalized spacial score (nSPS) is 15.3. The Kier molecular flexibility index (Phi) is 8.62. The average molecular weight is 431 g/mol. The molecule has 0 aliphatic carbocycles. The minimum Gasteiger partial charge on any atom is -0.480 e. The van der Waals surface area contributed by atoms with E-state index in [0.29, 0.717) is 19.3 Å². The van der Waals surface area contributed by atoms with Crippen LogP contribution in [0.5, 0.6) is 0 Å². The summed E-state index contributed by atoms with van der Waals surface area (Å²) in [5.41, 5.74) is 8.04. The van der Waals surface area contributed by atoms with Crippen LogP contribution in [-0.4, -0.2) is 46.0 Å². The van der Waals surface area contributed by atoms with Gasteiger partial charge in [-0.3, -0.25) is 9.59 Å². The maximum atomic E-state index is 12.9. The lowest BCUT2D eigenvalue weighted by molar-refractivity contribution is -0.143. The number of nitrogens with two attached hydrogens (primary N) is 1. The van der Waals surface area contributed by atoms with Gasteiger partial charge in [-0.15, -0.1) is 0 Å². The van der Waals surface area contributed by atoms with Gasteiger partial charge in [-0.2, -0.15) is 0 Å². The third kappa shape index (κ3) is 6.55. The van der Waals surface area contributed by atoms with E-state index in [0.717, 1.165) is 16.5 Å². The van der Waals surface area contributed by atoms with E-state index < -0.39 is 35.9 Å². The fourth-order valence-electron chi connectivity index (χ4n) is 3.55. The molecule has 1 aromatic carbocycles. The van der Waals surface area contributed by atoms with Crippen molar-refractivity contribution in [3.05, 3.63) is 36.0 Å². The van der Waals surface area contributed by atoms with Gasteiger partial charge < -0.3 is 26.5 Å². The lowest BCUT2D eigenvalue weighted by Crippen LogP contribution is -2.57. The van der Waals surface area contributed by atoms with Gasteiger partial charge in [0.25, 0.3) is 0 Å². The van der Waals surface area contributed by atoms with Crippen LogP contribution >= 0.6 is 0 Å². The lowest BCUT2D eigenvalue weighted by Gasteiger charge is -2.27. The van der Waals surface area contributed by atoms with Crippen LogP contribution in [0.4, 0.5) is 0 Å². The van der Waals surface area contributed by atoms with Crippen LogP contribution in [0.2, 0.25) is 0 Å². The topological polar surface area (TPSA) is 137 Å². The highest BCUT2D eigenvalue weighted by Crippen LogP contribution is 2.19. The standard InChI is InChI=1S/C23H34N4O4/c1-5-14(4)20(22(29)26-19(23(30)31)10-13(2)3)27-21(28)17(24)11-15-12-25-18-9-7-6-8-16(15)18/h6-9,12-14,17,19-20,25H,5,10-11,24H2,1-4H3,(H,26,29)(H,27,28)(H,30,31). The minimum atomic E-state index is -1.09. The van der Waals surface area contributed by atoms with Gasteiger partial charge in [0.05, 0.1) is 6.04 Å². The average Bonchev–Trinajstić information content (AvgIpc) is 3.13. The number of carbonyl (C=O) groups excluding carboxylic acids is 2. The van der Waals surface area contributed by atoms with Gasteiger partial charge in [-0.05, 0) is 36.3 Å². The zero-order valence-corrected chi connectivity index (χ0v) is 18.6. The summed E-state index contributed by atoms with van der Waals surface area (Å²) in [6, 6.07) is 5.05. The van der Waals surface area contributed by atoms with Crippen molar-refractivity contribution in [2.24, 2.45) is 17.6 Å². The first kappa shape index (κ1) is 24.4. The van der Waals surface area contributed by atoms with Crippen LogP contribution in [0, 0.1) is 11.8 Å². The maximum absolute atomic E-state index is 12.9. The summed E-state index contributed by atoms with van der Waals surface area (Å²) < 4.78 is 0. The lowest BCUT2D eigenvalue weighted by atomic mass is 9.96. The molecule has 0 saturated carbocycles. The van der Waals surface area contributed by atoms with Crippen LogP contribution in [0.3, 0.4) is 0 Å². The van der Waals surface area contributed by atoms with Crippen molar-refractivity contribution in [2.75, 3.05) is 0 Å². The van der Waals surface area contributed by atoms with Crippen molar-refractivity contribution in [2.45, 2.75) is 65.1 Å². The molecule has 0 fully saturated rings. The molecule has 0 spiro atoms. The molecule has 0 bridgehead atoms. The number of hydrogen-bond acceptors (Lipinski definition) is 4. The molecule has 6 N–H and O–H groups in total. The Labute approximate surface area is 183 Å². The van der Waals surface area contributed by atoms with E-state index in [2.05, 4.69) is 15.6 Å². The second kappa shape index (κ2) is 10.9. The number of hydrogen-bond donors (Lipinski definition) is 5. The minimum absolute atomic E-state index is 0.0997. The maximum Gasteiger partial charge on any atom is 0.326 e. The number of aromatic nitrogens is 1. The molecular formula is C23H34N4O4. The molecule has 31 heavy (non-hydrogen) atoms. The predicted molar refractivity (Wildman–Crippen MR) is 120 cm³/mol. The SMILES string of the molecule is CCC(C)C(NC(=O)C(N)Cc1c[nH]c2ccccc12)C(=O)NC(CC(C)C)C(=O)O. The second-order valence-corrected chi connectivity index (χ2v) is 8.57. The molecular weight excluding hydrogens is 396 g/mol. The molecule has 8 heteroatoms. The van der Waals surface area contributed by atoms with Gasteiger partial charge in [0.2, 0.25) is 11.8 Å². The number of aromatic amines is 1. The Morgan fingerprint density at radius 2 is 1.77 bits per heavy atom. The molecule has 4 unspecified atom stereocenters. The highest BCUT2D eigenvalue weighted by atomic mass is 16.4. The van der Waals surface area contributed by atoms with E-state index >= 15 is 0 Å². The van der Waals surface area contributed by atoms with Crippen LogP contribution in [0.1, 0.15) is 46.1 Å². The number of fused-ring (bicyclic) bond motifs is 1. The van der Waals surface area contributed by atoms with Crippen molar-refractivity contribution in [1.82, 2.24) is 15.6 Å². The van der Waals surface area contributed by atoms with Crippen molar-refractivity contribution >= 4 is 28.7 Å². The number of amides is 2. The summed E-state index contributed by atoms with van der Waals surface area (Å²) in [5, 5.41) is 15.7. The molecule has 0 saturated heterocycles. The quantitative estimate of drug-likeness (QED) is 0.372. The van der Waals surface area contributed by atoms with Gasteiger partial charge in [0.15, 0.2) is 0 Å². The fourth-order valence-corrected chi connectivity index (χ4v) is 3.55. The monoisotopic (exact) mass is 430 g/mol. The Morgan fingerprint density at radius 3 is 2.39 bits per heavy atom. The zero-order valence-electron chi connectivity index (χ0n) is 18.6. The summed E-state index contributed by atoms with van der Waals surface area (Å²) in [5.74, 6) is -2.12. The second-order valence-electron chi connectivity index (χ2n) is 8.57. The van der Waals surface area contributed by atoms with Crippen LogP contribution < -0.4 is 16.4 Å². The Balaban J connectivity index is 2.09. The van der Waals surface area contributed by atoms with Crippen molar-refractivity contribution < 1.29 is 19.5 Å². The number of para-hydroxylation sites is 1. The van der Waals surface area contributed by atoms with Crippen LogP contribution in [-0.2, 0) is 20.8 Å². The van der Waals surface area contributed by atoms with Crippen molar-refractivity contribution in [1.29, 1.82) is 0 Å². The van der Waals surface area contributed by atoms with Crippen molar-refractivity contribution in [3.8, 4) is 0 Å². The Bertz CT molecular complexity index is 908. The van der Waals surface area contributed by atoms with E-state index in [1.165, 1.54) is 0 Å². The summed E-state index contributed by atoms with van der Waals surface area (Å²) in [6.07, 6.45) is 3.09. The number of carboxylic acid groups (broad SMARTS) is 1. The zero-order chi connectivity index (χ0) is 23.1. The van der Waals surface area contributed by atoms with E-state index in [-0.39, 0.29) is 11.8 Å². The molecule has 4 atom stereocenters. The van der Waals surface area contributed by atoms with Crippen LogP contribution in [0.15, 0.2) is 30.5 Å². The Hall–Kier alpha value is -2.87. The third-order valence-corrected chi connectivity index (χ3v) is 5.57. The number of H-pyrrole nitrogens is 1. The van der Waals surface area contributed by atoms with E-state index in [1.807, 2.05) is 58.2 Å². The smallest absolute Gasteiger partial charge is 0.326 e. The summed E-state index contributed by atoms with van der Waals surface area (Å²) in [6.45, 7) is 7.53. The molecule has 8 nitrogen and oxygen atoms in total. The largest absolute Gasteiger partial charge is 0.480 e. The fraction of sp³-hybridized carbons (Fsp3) is 0.522. The molecule has 2 rings (SSSR count). The molecule has 1 heterocycles. The predicted octanol–water partition coefficient (Wildman–Crippen LogP) is 2.18. The van der Waals surface area contributed by atoms with Gasteiger partial charge in [-0.25, -0.2) is 4.79 Å². The number of nitrogens with one attached hydrogen (secondary N) is 3. The number of rotatable bonds is 11. The number of benzene rings is 1. The van der Waals surface area contributed by atoms with Gasteiger partial charge in [-0.1, -0.05) is 52.3 Å². The molecule has 170 valence electrons. The molecule has 1 aromatic heterocycles. The number of carbonyl (C=O) groups is 3. The first-order valence-corrected chi connectivity index (χ1v) is 10.8. The van der Waals surface area contributed by atoms with Gasteiger partial charge in [0, 0.05) is 17.1 Å². The number of aliphatic carboxylic acids is 1. The first-order valence-electron chi connectivity index (χ1n) is 10.8. The Morgan fingerprint density at radius 1 is 1.10 bits per heavy atom. The van der Waals surface area contributed by atoms with Gasteiger partial charge in [0.1, 0.15) is 12.1 Å². The van der Waals surface area contributed by atoms with Gasteiger partial charge >= 0.3 is 5.97 Å². The van der Waals surface area contributed by atoms with E-state index in [9.17, 15) is 19.5 Å². The first-order chi connectivity index (χ1) is 14.6. The summed E-state index contributed by atoms with van der Waals surface area (Å²) in [4.78, 5) is 40.3. The molecule has 0 aliphatic heterocycles.